The number of carbonyl (C=O) groups excluding carboxylic acids is 1. The SMILES string of the molecule is O=C1c2cnc(Nc3ccc(N4CCNC[C@H]4CO)cc3)nc2OCN1c1c(Cl)cccc1Cl. The molecule has 2 aliphatic rings. The first kappa shape index (κ1) is 22.7. The third-order valence-corrected chi connectivity index (χ3v) is 6.39. The second kappa shape index (κ2) is 9.63. The van der Waals surface area contributed by atoms with E-state index in [-0.39, 0.29) is 36.7 Å². The van der Waals surface area contributed by atoms with Crippen molar-refractivity contribution in [3.63, 3.8) is 0 Å². The average molecular weight is 501 g/mol. The summed E-state index contributed by atoms with van der Waals surface area (Å²) in [6.07, 6.45) is 1.42. The predicted molar refractivity (Wildman–Crippen MR) is 132 cm³/mol. The molecule has 9 nitrogen and oxygen atoms in total. The summed E-state index contributed by atoms with van der Waals surface area (Å²) in [4.78, 5) is 25.2. The Morgan fingerprint density at radius 3 is 2.68 bits per heavy atom. The number of fused-ring (bicyclic) bond motifs is 1. The first-order valence-electron chi connectivity index (χ1n) is 10.8. The van der Waals surface area contributed by atoms with Gasteiger partial charge in [0.25, 0.3) is 5.91 Å². The summed E-state index contributed by atoms with van der Waals surface area (Å²) in [5.41, 5.74) is 2.42. The number of halogens is 2. The van der Waals surface area contributed by atoms with E-state index < -0.39 is 0 Å². The smallest absolute Gasteiger partial charge is 0.268 e. The largest absolute Gasteiger partial charge is 0.455 e. The van der Waals surface area contributed by atoms with Crippen molar-refractivity contribution in [1.29, 1.82) is 0 Å². The number of rotatable bonds is 5. The molecule has 11 heteroatoms. The summed E-state index contributed by atoms with van der Waals surface area (Å²) in [6.45, 7) is 2.47. The van der Waals surface area contributed by atoms with Crippen molar-refractivity contribution in [2.75, 3.05) is 48.1 Å². The molecule has 0 spiro atoms. The Hall–Kier alpha value is -3.11. The summed E-state index contributed by atoms with van der Waals surface area (Å²) in [7, 11) is 0. The highest BCUT2D eigenvalue weighted by Crippen LogP contribution is 2.37. The van der Waals surface area contributed by atoms with Crippen LogP contribution in [0.3, 0.4) is 0 Å². The van der Waals surface area contributed by atoms with Gasteiger partial charge in [-0.05, 0) is 36.4 Å². The Morgan fingerprint density at radius 1 is 1.18 bits per heavy atom. The number of ether oxygens (including phenoxy) is 1. The van der Waals surface area contributed by atoms with E-state index in [1.165, 1.54) is 11.1 Å². The van der Waals surface area contributed by atoms with Gasteiger partial charge in [-0.25, -0.2) is 4.98 Å². The molecular formula is C23H22Cl2N6O3. The zero-order valence-corrected chi connectivity index (χ0v) is 19.6. The van der Waals surface area contributed by atoms with Crippen molar-refractivity contribution < 1.29 is 14.6 Å². The number of benzene rings is 2. The minimum absolute atomic E-state index is 0.0476. The van der Waals surface area contributed by atoms with E-state index in [1.54, 1.807) is 18.2 Å². The molecule has 176 valence electrons. The van der Waals surface area contributed by atoms with E-state index in [2.05, 4.69) is 25.5 Å². The van der Waals surface area contributed by atoms with Crippen LogP contribution in [0.4, 0.5) is 23.0 Å². The quantitative estimate of drug-likeness (QED) is 0.490. The van der Waals surface area contributed by atoms with E-state index in [1.807, 2.05) is 24.3 Å². The van der Waals surface area contributed by atoms with Gasteiger partial charge in [-0.2, -0.15) is 4.98 Å². The Balaban J connectivity index is 1.31. The van der Waals surface area contributed by atoms with Gasteiger partial charge >= 0.3 is 0 Å². The van der Waals surface area contributed by atoms with Crippen molar-refractivity contribution in [1.82, 2.24) is 15.3 Å². The van der Waals surface area contributed by atoms with Gasteiger partial charge in [0.2, 0.25) is 11.8 Å². The van der Waals surface area contributed by atoms with Crippen LogP contribution in [-0.4, -0.2) is 60.0 Å². The Kier molecular flexibility index (Phi) is 6.42. The molecule has 5 rings (SSSR count). The zero-order chi connectivity index (χ0) is 23.7. The first-order valence-corrected chi connectivity index (χ1v) is 11.5. The van der Waals surface area contributed by atoms with E-state index >= 15 is 0 Å². The van der Waals surface area contributed by atoms with Crippen LogP contribution in [0.1, 0.15) is 10.4 Å². The van der Waals surface area contributed by atoms with Crippen molar-refractivity contribution in [3.05, 3.63) is 64.3 Å². The molecule has 2 aliphatic heterocycles. The van der Waals surface area contributed by atoms with Gasteiger partial charge < -0.3 is 25.4 Å². The number of aliphatic hydroxyl groups is 1. The number of nitrogens with one attached hydrogen (secondary N) is 2. The van der Waals surface area contributed by atoms with E-state index in [4.69, 9.17) is 27.9 Å². The maximum absolute atomic E-state index is 13.0. The number of anilines is 4. The minimum atomic E-state index is -0.346. The lowest BCUT2D eigenvalue weighted by Crippen LogP contribution is -2.53. The second-order valence-corrected chi connectivity index (χ2v) is 8.71. The molecular weight excluding hydrogens is 479 g/mol. The number of aliphatic hydroxyl groups excluding tert-OH is 1. The fourth-order valence-electron chi connectivity index (χ4n) is 4.06. The van der Waals surface area contributed by atoms with Crippen LogP contribution < -0.4 is 25.2 Å². The first-order chi connectivity index (χ1) is 16.5. The molecule has 0 aliphatic carbocycles. The molecule has 1 saturated heterocycles. The molecule has 0 bridgehead atoms. The summed E-state index contributed by atoms with van der Waals surface area (Å²) < 4.78 is 5.73. The van der Waals surface area contributed by atoms with E-state index in [9.17, 15) is 9.90 Å². The number of para-hydroxylation sites is 1. The minimum Gasteiger partial charge on any atom is -0.455 e. The zero-order valence-electron chi connectivity index (χ0n) is 18.0. The third kappa shape index (κ3) is 4.35. The van der Waals surface area contributed by atoms with Crippen molar-refractivity contribution in [3.8, 4) is 5.88 Å². The van der Waals surface area contributed by atoms with E-state index in [0.717, 1.165) is 31.0 Å². The number of carbonyl (C=O) groups is 1. The van der Waals surface area contributed by atoms with Crippen molar-refractivity contribution in [2.45, 2.75) is 6.04 Å². The van der Waals surface area contributed by atoms with Crippen LogP contribution in [0, 0.1) is 0 Å². The number of piperazine rings is 1. The number of hydrogen-bond donors (Lipinski definition) is 3. The lowest BCUT2D eigenvalue weighted by Gasteiger charge is -2.37. The van der Waals surface area contributed by atoms with Crippen molar-refractivity contribution >= 4 is 52.1 Å². The molecule has 0 radical (unpaired) electrons. The molecule has 1 atom stereocenters. The Morgan fingerprint density at radius 2 is 1.94 bits per heavy atom. The summed E-state index contributed by atoms with van der Waals surface area (Å²) in [5, 5.41) is 16.8. The second-order valence-electron chi connectivity index (χ2n) is 7.90. The predicted octanol–water partition coefficient (Wildman–Crippen LogP) is 3.29. The highest BCUT2D eigenvalue weighted by molar-refractivity contribution is 6.40. The maximum Gasteiger partial charge on any atom is 0.268 e. The molecule has 1 amide bonds. The van der Waals surface area contributed by atoms with Gasteiger partial charge in [0.15, 0.2) is 6.73 Å². The van der Waals surface area contributed by atoms with Gasteiger partial charge in [-0.15, -0.1) is 0 Å². The van der Waals surface area contributed by atoms with Gasteiger partial charge in [0.1, 0.15) is 5.56 Å². The normalized spacial score (nSPS) is 17.9. The molecule has 1 fully saturated rings. The maximum atomic E-state index is 13.0. The Labute approximate surface area is 206 Å². The van der Waals surface area contributed by atoms with Crippen LogP contribution >= 0.6 is 23.2 Å². The Bertz CT molecular complexity index is 1190. The van der Waals surface area contributed by atoms with Gasteiger partial charge in [-0.3, -0.25) is 9.69 Å². The fourth-order valence-corrected chi connectivity index (χ4v) is 4.66. The fraction of sp³-hybridized carbons (Fsp3) is 0.261. The molecule has 3 aromatic rings. The number of amides is 1. The lowest BCUT2D eigenvalue weighted by molar-refractivity contribution is 0.0932. The third-order valence-electron chi connectivity index (χ3n) is 5.78. The van der Waals surface area contributed by atoms with Crippen LogP contribution in [0.2, 0.25) is 10.0 Å². The van der Waals surface area contributed by atoms with E-state index in [0.29, 0.717) is 21.7 Å². The molecule has 3 N–H and O–H groups in total. The highest BCUT2D eigenvalue weighted by Gasteiger charge is 2.31. The van der Waals surface area contributed by atoms with Gasteiger partial charge in [0, 0.05) is 37.2 Å². The molecule has 34 heavy (non-hydrogen) atoms. The standard InChI is InChI=1S/C23H22Cl2N6O3/c24-18-2-1-3-19(25)20(18)31-13-34-21-17(22(31)33)11-27-23(29-21)28-14-4-6-15(7-5-14)30-9-8-26-10-16(30)12-32/h1-7,11,16,26,32H,8-10,12-13H2,(H,27,28,29)/t16-/m0/s1. The van der Waals surface area contributed by atoms with Crippen LogP contribution in [0.5, 0.6) is 5.88 Å². The number of aromatic nitrogens is 2. The molecule has 3 heterocycles. The van der Waals surface area contributed by atoms with Crippen LogP contribution in [0.25, 0.3) is 0 Å². The monoisotopic (exact) mass is 500 g/mol. The van der Waals surface area contributed by atoms with Crippen LogP contribution in [-0.2, 0) is 0 Å². The van der Waals surface area contributed by atoms with Crippen molar-refractivity contribution in [2.24, 2.45) is 0 Å². The summed E-state index contributed by atoms with van der Waals surface area (Å²) in [5.74, 6) is 0.144. The number of hydrogen-bond acceptors (Lipinski definition) is 8. The summed E-state index contributed by atoms with van der Waals surface area (Å²) in [6, 6.07) is 12.9. The lowest BCUT2D eigenvalue weighted by atomic mass is 10.1. The van der Waals surface area contributed by atoms with Gasteiger partial charge in [-0.1, -0.05) is 29.3 Å². The highest BCUT2D eigenvalue weighted by atomic mass is 35.5. The van der Waals surface area contributed by atoms with Crippen LogP contribution in [0.15, 0.2) is 48.7 Å². The molecule has 1 aromatic heterocycles. The topological polar surface area (TPSA) is 103 Å². The average Bonchev–Trinajstić information content (AvgIpc) is 2.86. The number of nitrogens with zero attached hydrogens (tertiary/aromatic N) is 4. The molecule has 0 unspecified atom stereocenters. The molecule has 0 saturated carbocycles. The summed E-state index contributed by atoms with van der Waals surface area (Å²) >= 11 is 12.5. The van der Waals surface area contributed by atoms with Gasteiger partial charge in [0.05, 0.1) is 28.4 Å². The molecule has 2 aromatic carbocycles.